The van der Waals surface area contributed by atoms with Crippen LogP contribution in [0.5, 0.6) is 0 Å². The summed E-state index contributed by atoms with van der Waals surface area (Å²) in [5, 5.41) is 3.03. The molecule has 1 aliphatic heterocycles. The van der Waals surface area contributed by atoms with Gasteiger partial charge in [-0.1, -0.05) is 5.73 Å². The fourth-order valence-electron chi connectivity index (χ4n) is 1.34. The molecule has 2 aliphatic rings. The van der Waals surface area contributed by atoms with E-state index in [2.05, 4.69) is 22.1 Å². The quantitative estimate of drug-likeness (QED) is 0.573. The minimum absolute atomic E-state index is 0.163. The molecular weight excluding hydrogens is 150 g/mol. The Labute approximate surface area is 71.4 Å². The number of hydrogen-bond donors (Lipinski definition) is 2. The van der Waals surface area contributed by atoms with E-state index in [-0.39, 0.29) is 6.04 Å². The normalized spacial score (nSPS) is 24.6. The maximum Gasteiger partial charge on any atom is 0.118 e. The van der Waals surface area contributed by atoms with Gasteiger partial charge in [0.25, 0.3) is 0 Å². The zero-order valence-corrected chi connectivity index (χ0v) is 6.75. The first-order valence-corrected chi connectivity index (χ1v) is 4.05. The summed E-state index contributed by atoms with van der Waals surface area (Å²) < 4.78 is 0. The van der Waals surface area contributed by atoms with Gasteiger partial charge in [0.2, 0.25) is 0 Å². The van der Waals surface area contributed by atoms with Gasteiger partial charge in [-0.2, -0.15) is 0 Å². The van der Waals surface area contributed by atoms with Crippen molar-refractivity contribution in [3.05, 3.63) is 29.2 Å². The highest BCUT2D eigenvalue weighted by Gasteiger charge is 2.16. The summed E-state index contributed by atoms with van der Waals surface area (Å²) in [4.78, 5) is 4.22. The molecule has 0 saturated carbocycles. The lowest BCUT2D eigenvalue weighted by Gasteiger charge is -2.08. The van der Waals surface area contributed by atoms with Crippen molar-refractivity contribution in [1.29, 1.82) is 0 Å². The number of aliphatic imine (C=N–C) groups is 1. The Balaban J connectivity index is 2.22. The van der Waals surface area contributed by atoms with Crippen molar-refractivity contribution < 1.29 is 0 Å². The van der Waals surface area contributed by atoms with Crippen LogP contribution in [0, 0.1) is 0 Å². The Bertz CT molecular complexity index is 306. The number of fused-ring (bicyclic) bond motifs is 1. The zero-order valence-electron chi connectivity index (χ0n) is 6.75. The molecule has 3 N–H and O–H groups in total. The maximum atomic E-state index is 5.45. The molecule has 0 saturated heterocycles. The van der Waals surface area contributed by atoms with Crippen LogP contribution >= 0.6 is 0 Å². The van der Waals surface area contributed by atoms with Crippen LogP contribution in [-0.4, -0.2) is 18.9 Å². The van der Waals surface area contributed by atoms with Gasteiger partial charge in [0.05, 0.1) is 12.0 Å². The first-order chi connectivity index (χ1) is 5.90. The highest BCUT2D eigenvalue weighted by Crippen LogP contribution is 2.17. The molecule has 0 amide bonds. The number of rotatable bonds is 2. The molecule has 12 heavy (non-hydrogen) atoms. The molecule has 2 rings (SSSR count). The molecule has 3 nitrogen and oxygen atoms in total. The Morgan fingerprint density at radius 2 is 2.58 bits per heavy atom. The van der Waals surface area contributed by atoms with Crippen LogP contribution in [0.15, 0.2) is 34.1 Å². The van der Waals surface area contributed by atoms with Crippen LogP contribution < -0.4 is 11.1 Å². The molecule has 0 aromatic carbocycles. The third kappa shape index (κ3) is 1.20. The summed E-state index contributed by atoms with van der Waals surface area (Å²) in [5.74, 6) is 0. The van der Waals surface area contributed by atoms with E-state index in [4.69, 9.17) is 5.73 Å². The van der Waals surface area contributed by atoms with Gasteiger partial charge in [0, 0.05) is 0 Å². The van der Waals surface area contributed by atoms with Gasteiger partial charge in [0.15, 0.2) is 0 Å². The van der Waals surface area contributed by atoms with Crippen LogP contribution in [-0.2, 0) is 0 Å². The first-order valence-electron chi connectivity index (χ1n) is 4.05. The van der Waals surface area contributed by atoms with Gasteiger partial charge in [-0.3, -0.25) is 4.99 Å². The van der Waals surface area contributed by atoms with Gasteiger partial charge in [-0.15, -0.1) is 0 Å². The maximum absolute atomic E-state index is 5.45. The number of nitrogens with one attached hydrogen (secondary N) is 1. The number of hydrogen-bond acceptors (Lipinski definition) is 3. The highest BCUT2D eigenvalue weighted by atomic mass is 15.1. The van der Waals surface area contributed by atoms with Gasteiger partial charge < -0.3 is 11.1 Å². The second-order valence-electron chi connectivity index (χ2n) is 2.85. The molecule has 3 heteroatoms. The minimum atomic E-state index is 0.163. The third-order valence-electron chi connectivity index (χ3n) is 1.97. The second kappa shape index (κ2) is 2.97. The van der Waals surface area contributed by atoms with Crippen molar-refractivity contribution in [3.63, 3.8) is 0 Å². The van der Waals surface area contributed by atoms with E-state index in [9.17, 15) is 0 Å². The van der Waals surface area contributed by atoms with Gasteiger partial charge in [-0.05, 0) is 30.7 Å². The number of nitrogens with zero attached hydrogens (tertiary/aromatic N) is 1. The van der Waals surface area contributed by atoms with Crippen LogP contribution in [0.4, 0.5) is 0 Å². The summed E-state index contributed by atoms with van der Waals surface area (Å²) >= 11 is 0. The van der Waals surface area contributed by atoms with Crippen LogP contribution in [0.25, 0.3) is 0 Å². The number of nitrogens with two attached hydrogens (primary N) is 1. The fraction of sp³-hybridized carbons (Fsp3) is 0.333. The Morgan fingerprint density at radius 1 is 1.67 bits per heavy atom. The molecular formula is C9H11N3. The van der Waals surface area contributed by atoms with Crippen molar-refractivity contribution in [2.24, 2.45) is 10.7 Å². The highest BCUT2D eigenvalue weighted by molar-refractivity contribution is 5.64. The summed E-state index contributed by atoms with van der Waals surface area (Å²) in [6.45, 7) is 0.684. The van der Waals surface area contributed by atoms with Crippen molar-refractivity contribution >= 4 is 6.34 Å². The summed E-state index contributed by atoms with van der Waals surface area (Å²) in [6.07, 6.45) is 6.71. The summed E-state index contributed by atoms with van der Waals surface area (Å²) in [6, 6.07) is 0.163. The third-order valence-corrected chi connectivity index (χ3v) is 1.97. The van der Waals surface area contributed by atoms with Crippen molar-refractivity contribution in [2.75, 3.05) is 6.54 Å². The fourth-order valence-corrected chi connectivity index (χ4v) is 1.34. The summed E-state index contributed by atoms with van der Waals surface area (Å²) in [7, 11) is 0. The zero-order chi connectivity index (χ0) is 8.39. The van der Waals surface area contributed by atoms with Crippen molar-refractivity contribution in [2.45, 2.75) is 12.5 Å². The van der Waals surface area contributed by atoms with E-state index in [1.807, 2.05) is 6.08 Å². The average molecular weight is 161 g/mol. The lowest BCUT2D eigenvalue weighted by Crippen LogP contribution is -2.13. The Morgan fingerprint density at radius 3 is 3.42 bits per heavy atom. The standard InChI is InChI=1S/C9H11N3/c10-4-3-7-1-2-8-9(5-7)12-6-11-8/h1,5-6,9H,3-4,10H2,(H,11,12). The largest absolute Gasteiger partial charge is 0.342 e. The predicted molar refractivity (Wildman–Crippen MR) is 48.8 cm³/mol. The van der Waals surface area contributed by atoms with E-state index in [1.54, 1.807) is 6.34 Å². The van der Waals surface area contributed by atoms with Gasteiger partial charge in [-0.25, -0.2) is 0 Å². The van der Waals surface area contributed by atoms with Gasteiger partial charge >= 0.3 is 0 Å². The molecule has 1 unspecified atom stereocenters. The smallest absolute Gasteiger partial charge is 0.118 e. The topological polar surface area (TPSA) is 50.4 Å². The molecule has 1 atom stereocenters. The van der Waals surface area contributed by atoms with E-state index in [1.165, 1.54) is 5.57 Å². The molecule has 0 spiro atoms. The van der Waals surface area contributed by atoms with Crippen molar-refractivity contribution in [3.8, 4) is 0 Å². The molecule has 0 bridgehead atoms. The van der Waals surface area contributed by atoms with E-state index in [0.717, 1.165) is 12.1 Å². The van der Waals surface area contributed by atoms with Crippen molar-refractivity contribution in [1.82, 2.24) is 5.32 Å². The van der Waals surface area contributed by atoms with Crippen LogP contribution in [0.2, 0.25) is 0 Å². The monoisotopic (exact) mass is 161 g/mol. The molecule has 1 heterocycles. The minimum Gasteiger partial charge on any atom is -0.342 e. The van der Waals surface area contributed by atoms with E-state index < -0.39 is 0 Å². The van der Waals surface area contributed by atoms with Crippen LogP contribution in [0.3, 0.4) is 0 Å². The van der Waals surface area contributed by atoms with Gasteiger partial charge in [0.1, 0.15) is 6.04 Å². The second-order valence-corrected chi connectivity index (χ2v) is 2.85. The van der Waals surface area contributed by atoms with Crippen LogP contribution in [0.1, 0.15) is 6.42 Å². The predicted octanol–water partition coefficient (Wildman–Crippen LogP) is 0.314. The molecule has 0 fully saturated rings. The lowest BCUT2D eigenvalue weighted by molar-refractivity contribution is 0.902. The average Bonchev–Trinajstić information content (AvgIpc) is 2.51. The lowest BCUT2D eigenvalue weighted by atomic mass is 10.0. The first kappa shape index (κ1) is 7.35. The molecule has 62 valence electrons. The molecule has 0 radical (unpaired) electrons. The molecule has 1 aliphatic carbocycles. The summed E-state index contributed by atoms with van der Waals surface area (Å²) in [5.41, 5.74) is 10.9. The Hall–Kier alpha value is -1.31. The van der Waals surface area contributed by atoms with E-state index >= 15 is 0 Å². The Kier molecular flexibility index (Phi) is 1.82. The SMILES string of the molecule is NCCC1=CC2N=CNC2=C=C1. The molecule has 0 aromatic rings. The molecule has 0 aromatic heterocycles. The van der Waals surface area contributed by atoms with E-state index in [0.29, 0.717) is 6.54 Å².